The number of phosphoric ester groups is 1. The maximum atomic E-state index is 13.6. The average molecular weight is 1150 g/mol. The number of unbranched alkanes of at least 4 members (excludes halogenated alkanes) is 47. The van der Waals surface area contributed by atoms with Crippen molar-refractivity contribution in [1.29, 1.82) is 0 Å². The molecule has 0 saturated carbocycles. The van der Waals surface area contributed by atoms with Crippen molar-refractivity contribution in [3.63, 3.8) is 0 Å². The van der Waals surface area contributed by atoms with Crippen LogP contribution in [0, 0.1) is 0 Å². The first-order valence-electron chi connectivity index (χ1n) is 35.1. The van der Waals surface area contributed by atoms with Crippen LogP contribution in [0.4, 0.5) is 0 Å². The minimum atomic E-state index is -4.70. The number of carbonyl (C=O) groups is 2. The van der Waals surface area contributed by atoms with Gasteiger partial charge in [-0.1, -0.05) is 315 Å². The van der Waals surface area contributed by atoms with Gasteiger partial charge in [0, 0.05) is 12.8 Å². The van der Waals surface area contributed by atoms with Gasteiger partial charge < -0.3 is 28.5 Å². The van der Waals surface area contributed by atoms with Gasteiger partial charge in [0.2, 0.25) is 5.91 Å². The summed E-state index contributed by atoms with van der Waals surface area (Å²) in [4.78, 5) is 40.1. The van der Waals surface area contributed by atoms with Crippen LogP contribution in [-0.4, -0.2) is 69.4 Å². The molecule has 0 aliphatic carbocycles. The molecule has 0 aliphatic rings. The molecule has 0 aromatic carbocycles. The van der Waals surface area contributed by atoms with Gasteiger partial charge in [-0.05, 0) is 57.4 Å². The molecule has 0 bridgehead atoms. The highest BCUT2D eigenvalue weighted by Gasteiger charge is 2.27. The van der Waals surface area contributed by atoms with Gasteiger partial charge in [0.25, 0.3) is 7.82 Å². The van der Waals surface area contributed by atoms with E-state index in [9.17, 15) is 19.0 Å². The molecular weight excluding hydrogens is 1010 g/mol. The van der Waals surface area contributed by atoms with E-state index < -0.39 is 20.0 Å². The molecule has 0 radical (unpaired) electrons. The molecule has 0 saturated heterocycles. The molecule has 0 heterocycles. The van der Waals surface area contributed by atoms with E-state index in [0.717, 1.165) is 77.0 Å². The molecule has 0 aliphatic heterocycles. The fraction of sp³-hybridized carbons (Fsp3) is 0.914. The molecule has 80 heavy (non-hydrogen) atoms. The quantitative estimate of drug-likeness (QED) is 0.0212. The number of ether oxygens (including phenoxy) is 1. The Kier molecular flexibility index (Phi) is 59.5. The molecule has 3 unspecified atom stereocenters. The first-order valence-corrected chi connectivity index (χ1v) is 36.6. The number of hydrogen-bond acceptors (Lipinski definition) is 7. The average Bonchev–Trinajstić information content (AvgIpc) is 3.42. The van der Waals surface area contributed by atoms with Crippen LogP contribution in [-0.2, 0) is 27.9 Å². The first kappa shape index (κ1) is 78.5. The third-order valence-corrected chi connectivity index (χ3v) is 17.1. The van der Waals surface area contributed by atoms with Gasteiger partial charge in [-0.15, -0.1) is 0 Å². The fourth-order valence-corrected chi connectivity index (χ4v) is 11.4. The van der Waals surface area contributed by atoms with Crippen molar-refractivity contribution in [3.05, 3.63) is 24.3 Å². The Balaban J connectivity index is 5.05. The van der Waals surface area contributed by atoms with Crippen molar-refractivity contribution < 1.29 is 37.3 Å². The Morgan fingerprint density at radius 1 is 0.425 bits per heavy atom. The summed E-state index contributed by atoms with van der Waals surface area (Å²) >= 11 is 0. The Hall–Kier alpha value is -1.51. The predicted octanol–water partition coefficient (Wildman–Crippen LogP) is 21.4. The molecule has 10 heteroatoms. The van der Waals surface area contributed by atoms with Gasteiger partial charge in [0.1, 0.15) is 19.3 Å². The molecule has 1 N–H and O–H groups in total. The summed E-state index contributed by atoms with van der Waals surface area (Å²) in [5, 5.41) is 3.04. The van der Waals surface area contributed by atoms with Crippen molar-refractivity contribution in [2.24, 2.45) is 0 Å². The fourth-order valence-electron chi connectivity index (χ4n) is 10.7. The van der Waals surface area contributed by atoms with E-state index in [0.29, 0.717) is 17.4 Å². The minimum Gasteiger partial charge on any atom is -0.756 e. The van der Waals surface area contributed by atoms with Crippen molar-refractivity contribution in [1.82, 2.24) is 5.32 Å². The number of phosphoric acid groups is 1. The lowest BCUT2D eigenvalue weighted by atomic mass is 10.0. The summed E-state index contributed by atoms with van der Waals surface area (Å²) < 4.78 is 30.4. The van der Waals surface area contributed by atoms with Crippen molar-refractivity contribution in [2.75, 3.05) is 40.9 Å². The number of hydrogen-bond donors (Lipinski definition) is 1. The number of likely N-dealkylation sites (N-methyl/N-ethyl adjacent to an activating group) is 1. The van der Waals surface area contributed by atoms with Crippen LogP contribution in [0.3, 0.4) is 0 Å². The molecule has 1 amide bonds. The minimum absolute atomic E-state index is 0.0201. The van der Waals surface area contributed by atoms with E-state index in [1.807, 2.05) is 33.3 Å². The lowest BCUT2D eigenvalue weighted by Gasteiger charge is -2.30. The normalized spacial score (nSPS) is 13.6. The first-order chi connectivity index (χ1) is 38.9. The van der Waals surface area contributed by atoms with Crippen LogP contribution in [0.2, 0.25) is 0 Å². The summed E-state index contributed by atoms with van der Waals surface area (Å²) in [6, 6.07) is -0.888. The van der Waals surface area contributed by atoms with E-state index in [2.05, 4.69) is 38.2 Å². The second kappa shape index (κ2) is 60.6. The van der Waals surface area contributed by atoms with Gasteiger partial charge in [-0.25, -0.2) is 0 Å². The number of esters is 1. The van der Waals surface area contributed by atoms with E-state index in [-0.39, 0.29) is 31.5 Å². The Morgan fingerprint density at radius 3 is 1.06 bits per heavy atom. The van der Waals surface area contributed by atoms with Crippen LogP contribution < -0.4 is 10.2 Å². The highest BCUT2D eigenvalue weighted by Crippen LogP contribution is 2.38. The summed E-state index contributed by atoms with van der Waals surface area (Å²) in [5.74, 6) is -0.529. The van der Waals surface area contributed by atoms with E-state index in [4.69, 9.17) is 13.8 Å². The van der Waals surface area contributed by atoms with E-state index in [1.165, 1.54) is 250 Å². The maximum absolute atomic E-state index is 13.6. The van der Waals surface area contributed by atoms with Gasteiger partial charge in [0.15, 0.2) is 0 Å². The summed E-state index contributed by atoms with van der Waals surface area (Å²) in [6.45, 7) is 6.90. The van der Waals surface area contributed by atoms with Crippen molar-refractivity contribution >= 4 is 19.7 Å². The molecule has 0 rings (SSSR count). The summed E-state index contributed by atoms with van der Waals surface area (Å²) in [6.07, 6.45) is 73.0. The zero-order valence-corrected chi connectivity index (χ0v) is 55.2. The second-order valence-corrected chi connectivity index (χ2v) is 26.8. The van der Waals surface area contributed by atoms with Gasteiger partial charge >= 0.3 is 5.97 Å². The molecule has 9 nitrogen and oxygen atoms in total. The second-order valence-electron chi connectivity index (χ2n) is 25.4. The zero-order chi connectivity index (χ0) is 58.6. The predicted molar refractivity (Wildman–Crippen MR) is 344 cm³/mol. The lowest BCUT2D eigenvalue weighted by Crippen LogP contribution is -2.47. The van der Waals surface area contributed by atoms with Gasteiger partial charge in [-0.2, -0.15) is 0 Å². The Bertz CT molecular complexity index is 1420. The monoisotopic (exact) mass is 1150 g/mol. The van der Waals surface area contributed by atoms with Crippen LogP contribution in [0.25, 0.3) is 0 Å². The smallest absolute Gasteiger partial charge is 0.306 e. The number of quaternary nitrogens is 1. The number of carbonyl (C=O) groups excluding carboxylic acids is 2. The molecule has 0 spiro atoms. The molecular formula is C70H137N2O7P. The van der Waals surface area contributed by atoms with Crippen molar-refractivity contribution in [3.8, 4) is 0 Å². The van der Waals surface area contributed by atoms with Crippen molar-refractivity contribution in [2.45, 2.75) is 373 Å². The molecule has 0 fully saturated rings. The number of rotatable bonds is 65. The van der Waals surface area contributed by atoms with Gasteiger partial charge in [-0.3, -0.25) is 14.2 Å². The summed E-state index contributed by atoms with van der Waals surface area (Å²) in [5.41, 5.74) is 0. The molecule has 474 valence electrons. The number of allylic oxidation sites excluding steroid dienone is 3. The van der Waals surface area contributed by atoms with Crippen LogP contribution in [0.1, 0.15) is 361 Å². The number of amides is 1. The Morgan fingerprint density at radius 2 is 0.725 bits per heavy atom. The van der Waals surface area contributed by atoms with Crippen LogP contribution in [0.15, 0.2) is 24.3 Å². The number of nitrogens with one attached hydrogen (secondary N) is 1. The third kappa shape index (κ3) is 61.1. The highest BCUT2D eigenvalue weighted by atomic mass is 31.2. The Labute approximate surface area is 498 Å². The maximum Gasteiger partial charge on any atom is 0.306 e. The van der Waals surface area contributed by atoms with E-state index in [1.54, 1.807) is 0 Å². The largest absolute Gasteiger partial charge is 0.756 e. The third-order valence-electron chi connectivity index (χ3n) is 16.1. The SMILES string of the molecule is CCCCCCCCC/C=C/CCCCCCCC(=O)NC(COP(=O)([O-])OCC[N+](C)(C)C)C(/C=C\CCCCCCCCCCCCC)OC(=O)CCCCCCCCCCCCCCCCCCCCCCCCCCC. The molecule has 0 aromatic heterocycles. The number of nitrogens with zero attached hydrogens (tertiary/aromatic N) is 1. The molecule has 3 atom stereocenters. The summed E-state index contributed by atoms with van der Waals surface area (Å²) in [7, 11) is 1.20. The van der Waals surface area contributed by atoms with E-state index >= 15 is 0 Å². The van der Waals surface area contributed by atoms with Gasteiger partial charge in [0.05, 0.1) is 33.8 Å². The molecule has 0 aromatic rings. The standard InChI is InChI=1S/C70H137N2O7P/c1-7-10-13-16-19-22-25-28-30-32-33-34-35-36-37-38-39-40-42-45-48-51-54-57-60-63-70(74)79-68(61-58-55-52-49-46-43-27-24-21-18-15-12-9-3)67(66-78-80(75,76)77-65-64-72(4,5)6)71-69(73)62-59-56-53-50-47-44-41-31-29-26-23-20-17-14-11-8-2/h31,41,58,61,67-68H,7-30,32-40,42-57,59-60,62-66H2,1-6H3,(H-,71,73,75,76)/b41-31+,61-58-. The topological polar surface area (TPSA) is 114 Å². The lowest BCUT2D eigenvalue weighted by molar-refractivity contribution is -0.870. The highest BCUT2D eigenvalue weighted by molar-refractivity contribution is 7.45. The zero-order valence-electron chi connectivity index (χ0n) is 54.3. The van der Waals surface area contributed by atoms with Crippen LogP contribution in [0.5, 0.6) is 0 Å². The van der Waals surface area contributed by atoms with Crippen LogP contribution >= 0.6 is 7.82 Å².